The molecule has 0 aliphatic heterocycles. The Bertz CT molecular complexity index is 951. The fourth-order valence-electron chi connectivity index (χ4n) is 2.38. The number of nitro groups is 1. The molecule has 0 aromatic heterocycles. The molecule has 0 radical (unpaired) electrons. The molecule has 0 unspecified atom stereocenters. The Kier molecular flexibility index (Phi) is 6.27. The van der Waals surface area contributed by atoms with Crippen LogP contribution in [0.3, 0.4) is 0 Å². The van der Waals surface area contributed by atoms with E-state index >= 15 is 0 Å². The van der Waals surface area contributed by atoms with Crippen molar-refractivity contribution in [2.45, 2.75) is 13.8 Å². The quantitative estimate of drug-likeness (QED) is 0.310. The maximum Gasteiger partial charge on any atom is 0.329 e. The monoisotopic (exact) mass is 386 g/mol. The number of methoxy groups -OCH3 is 1. The molecule has 0 bridgehead atoms. The van der Waals surface area contributed by atoms with Gasteiger partial charge in [0.25, 0.3) is 0 Å². The summed E-state index contributed by atoms with van der Waals surface area (Å²) in [6.07, 6.45) is 1.08. The molecule has 0 atom stereocenters. The molecule has 2 amide bonds. The summed E-state index contributed by atoms with van der Waals surface area (Å²) < 4.78 is 4.86. The van der Waals surface area contributed by atoms with Gasteiger partial charge >= 0.3 is 17.5 Å². The van der Waals surface area contributed by atoms with Gasteiger partial charge in [-0.05, 0) is 31.0 Å². The molecule has 0 saturated heterocycles. The van der Waals surface area contributed by atoms with Gasteiger partial charge in [-0.3, -0.25) is 19.7 Å². The second kappa shape index (κ2) is 8.62. The second-order valence-corrected chi connectivity index (χ2v) is 5.77. The molecule has 0 aliphatic carbocycles. The minimum absolute atomic E-state index is 0.130. The Hall–Kier alpha value is -3.95. The van der Waals surface area contributed by atoms with Crippen LogP contribution in [0.15, 0.2) is 35.4 Å². The lowest BCUT2D eigenvalue weighted by atomic mass is 10.1. The van der Waals surface area contributed by atoms with Gasteiger partial charge in [0.1, 0.15) is 0 Å². The summed E-state index contributed by atoms with van der Waals surface area (Å²) in [4.78, 5) is 34.1. The number of carbonyl (C=O) groups is 2. The van der Waals surface area contributed by atoms with Crippen molar-refractivity contribution < 1.29 is 24.4 Å². The van der Waals surface area contributed by atoms with Gasteiger partial charge in [0.2, 0.25) is 5.75 Å². The highest BCUT2D eigenvalue weighted by Crippen LogP contribution is 2.36. The highest BCUT2D eigenvalue weighted by Gasteiger charge is 2.19. The number of rotatable bonds is 5. The molecular formula is C18H18N4O6. The lowest BCUT2D eigenvalue weighted by molar-refractivity contribution is -0.386. The zero-order chi connectivity index (χ0) is 20.8. The number of nitrogens with one attached hydrogen (secondary N) is 2. The van der Waals surface area contributed by atoms with Crippen LogP contribution in [-0.2, 0) is 9.59 Å². The Morgan fingerprint density at radius 3 is 2.43 bits per heavy atom. The first-order valence-corrected chi connectivity index (χ1v) is 8.00. The van der Waals surface area contributed by atoms with E-state index in [4.69, 9.17) is 4.74 Å². The van der Waals surface area contributed by atoms with Crippen LogP contribution in [0.5, 0.6) is 11.5 Å². The lowest BCUT2D eigenvalue weighted by Gasteiger charge is -2.10. The number of hydrogen-bond acceptors (Lipinski definition) is 7. The van der Waals surface area contributed by atoms with Crippen LogP contribution in [0, 0.1) is 24.0 Å². The first-order chi connectivity index (χ1) is 13.2. The van der Waals surface area contributed by atoms with E-state index in [1.807, 2.05) is 11.5 Å². The van der Waals surface area contributed by atoms with Crippen LogP contribution in [-0.4, -0.2) is 35.2 Å². The summed E-state index contributed by atoms with van der Waals surface area (Å²) in [6, 6.07) is 7.75. The summed E-state index contributed by atoms with van der Waals surface area (Å²) in [5, 5.41) is 26.8. The number of phenols is 1. The average Bonchev–Trinajstić information content (AvgIpc) is 2.65. The molecule has 2 aromatic carbocycles. The molecule has 3 N–H and O–H groups in total. The van der Waals surface area contributed by atoms with Crippen molar-refractivity contribution in [1.82, 2.24) is 5.43 Å². The van der Waals surface area contributed by atoms with E-state index < -0.39 is 28.2 Å². The molecular weight excluding hydrogens is 368 g/mol. The number of ether oxygens (including phenoxy) is 1. The summed E-state index contributed by atoms with van der Waals surface area (Å²) in [7, 11) is 1.24. The third-order valence-electron chi connectivity index (χ3n) is 3.80. The number of phenolic OH excluding ortho intramolecular Hbond substituents is 1. The smallest absolute Gasteiger partial charge is 0.329 e. The highest BCUT2D eigenvalue weighted by atomic mass is 16.6. The standard InChI is InChI=1S/C18H18N4O6/c1-10-5-4-6-11(2)15(10)20-17(24)18(25)21-19-9-12-7-13(22(26)27)16(23)14(8-12)28-3/h4-9,23H,1-3H3,(H,20,24)(H,21,25)/b19-9-. The molecule has 0 aliphatic rings. The Balaban J connectivity index is 2.10. The molecule has 146 valence electrons. The van der Waals surface area contributed by atoms with E-state index in [-0.39, 0.29) is 11.3 Å². The molecule has 0 heterocycles. The van der Waals surface area contributed by atoms with Gasteiger partial charge in [-0.25, -0.2) is 5.43 Å². The number of anilines is 1. The Morgan fingerprint density at radius 2 is 1.86 bits per heavy atom. The van der Waals surface area contributed by atoms with E-state index in [1.54, 1.807) is 26.0 Å². The Labute approximate surface area is 160 Å². The molecule has 0 fully saturated rings. The van der Waals surface area contributed by atoms with Crippen LogP contribution in [0.1, 0.15) is 16.7 Å². The number of aromatic hydroxyl groups is 1. The van der Waals surface area contributed by atoms with Crippen molar-refractivity contribution >= 4 is 29.4 Å². The summed E-state index contributed by atoms with van der Waals surface area (Å²) in [5.41, 5.74) is 3.76. The SMILES string of the molecule is COc1cc(/C=N\NC(=O)C(=O)Nc2c(C)cccc2C)cc([N+](=O)[O-])c1O. The predicted molar refractivity (Wildman–Crippen MR) is 102 cm³/mol. The minimum Gasteiger partial charge on any atom is -0.500 e. The first kappa shape index (κ1) is 20.4. The number of aryl methyl sites for hydroxylation is 2. The van der Waals surface area contributed by atoms with Crippen LogP contribution in [0.2, 0.25) is 0 Å². The summed E-state index contributed by atoms with van der Waals surface area (Å²) in [6.45, 7) is 3.59. The molecule has 28 heavy (non-hydrogen) atoms. The van der Waals surface area contributed by atoms with Crippen LogP contribution in [0.25, 0.3) is 0 Å². The van der Waals surface area contributed by atoms with Crippen LogP contribution in [0.4, 0.5) is 11.4 Å². The molecule has 10 nitrogen and oxygen atoms in total. The zero-order valence-corrected chi connectivity index (χ0v) is 15.3. The number of hydrazone groups is 1. The average molecular weight is 386 g/mol. The van der Waals surface area contributed by atoms with E-state index in [1.165, 1.54) is 13.2 Å². The third-order valence-corrected chi connectivity index (χ3v) is 3.80. The third kappa shape index (κ3) is 4.61. The van der Waals surface area contributed by atoms with Crippen LogP contribution >= 0.6 is 0 Å². The topological polar surface area (TPSA) is 143 Å². The number of hydrogen-bond donors (Lipinski definition) is 3. The van der Waals surface area contributed by atoms with Gasteiger partial charge in [0.15, 0.2) is 5.75 Å². The number of nitro benzene ring substituents is 1. The molecule has 10 heteroatoms. The second-order valence-electron chi connectivity index (χ2n) is 5.77. The van der Waals surface area contributed by atoms with Gasteiger partial charge in [0, 0.05) is 17.3 Å². The van der Waals surface area contributed by atoms with Crippen molar-refractivity contribution in [1.29, 1.82) is 0 Å². The van der Waals surface area contributed by atoms with Crippen molar-refractivity contribution in [2.75, 3.05) is 12.4 Å². The van der Waals surface area contributed by atoms with Gasteiger partial charge < -0.3 is 15.2 Å². The van der Waals surface area contributed by atoms with Gasteiger partial charge in [-0.15, -0.1) is 0 Å². The Morgan fingerprint density at radius 1 is 1.21 bits per heavy atom. The first-order valence-electron chi connectivity index (χ1n) is 8.00. The van der Waals surface area contributed by atoms with Crippen LogP contribution < -0.4 is 15.5 Å². The molecule has 2 rings (SSSR count). The fourth-order valence-corrected chi connectivity index (χ4v) is 2.38. The maximum atomic E-state index is 12.0. The van der Waals surface area contributed by atoms with Crippen molar-refractivity contribution in [2.24, 2.45) is 5.10 Å². The van der Waals surface area contributed by atoms with E-state index in [0.717, 1.165) is 23.4 Å². The van der Waals surface area contributed by atoms with Crippen molar-refractivity contribution in [3.05, 3.63) is 57.1 Å². The number of nitrogens with zero attached hydrogens (tertiary/aromatic N) is 2. The summed E-state index contributed by atoms with van der Waals surface area (Å²) in [5.74, 6) is -2.68. The van der Waals surface area contributed by atoms with Gasteiger partial charge in [-0.1, -0.05) is 18.2 Å². The van der Waals surface area contributed by atoms with Gasteiger partial charge in [0.05, 0.1) is 18.2 Å². The van der Waals surface area contributed by atoms with Gasteiger partial charge in [-0.2, -0.15) is 5.10 Å². The predicted octanol–water partition coefficient (Wildman–Crippen LogP) is 2.01. The molecule has 0 spiro atoms. The number of carbonyl (C=O) groups excluding carboxylic acids is 2. The highest BCUT2D eigenvalue weighted by molar-refractivity contribution is 6.39. The largest absolute Gasteiger partial charge is 0.500 e. The van der Waals surface area contributed by atoms with E-state index in [0.29, 0.717) is 5.69 Å². The number of amides is 2. The molecule has 2 aromatic rings. The lowest BCUT2D eigenvalue weighted by Crippen LogP contribution is -2.32. The van der Waals surface area contributed by atoms with Crippen molar-refractivity contribution in [3.8, 4) is 11.5 Å². The zero-order valence-electron chi connectivity index (χ0n) is 15.3. The van der Waals surface area contributed by atoms with Crippen molar-refractivity contribution in [3.63, 3.8) is 0 Å². The maximum absolute atomic E-state index is 12.0. The fraction of sp³-hybridized carbons (Fsp3) is 0.167. The van der Waals surface area contributed by atoms with E-state index in [2.05, 4.69) is 10.4 Å². The van der Waals surface area contributed by atoms with E-state index in [9.17, 15) is 24.8 Å². The molecule has 0 saturated carbocycles. The normalized spacial score (nSPS) is 10.5. The summed E-state index contributed by atoms with van der Waals surface area (Å²) >= 11 is 0. The number of benzene rings is 2. The number of para-hydroxylation sites is 1. The minimum atomic E-state index is -1.01.